The first-order valence-corrected chi connectivity index (χ1v) is 11.4. The average Bonchev–Trinajstić information content (AvgIpc) is 2.95. The molecule has 0 aromatic heterocycles. The highest BCUT2D eigenvalue weighted by molar-refractivity contribution is 7.89. The number of sulfonamides is 1. The fraction of sp³-hybridized carbons (Fsp3) is 0.455. The number of nitrogens with one attached hydrogen (secondary N) is 1. The Morgan fingerprint density at radius 1 is 0.963 bits per heavy atom. The Morgan fingerprint density at radius 2 is 1.67 bits per heavy atom. The van der Waals surface area contributed by atoms with E-state index in [1.807, 2.05) is 13.0 Å². The fourth-order valence-electron chi connectivity index (χ4n) is 3.57. The van der Waals surface area contributed by atoms with Gasteiger partial charge in [-0.2, -0.15) is 0 Å². The summed E-state index contributed by atoms with van der Waals surface area (Å²) >= 11 is 0. The maximum Gasteiger partial charge on any atom is 0.240 e. The predicted molar refractivity (Wildman–Crippen MR) is 112 cm³/mol. The second kappa shape index (κ2) is 9.38. The normalized spacial score (nSPS) is 15.5. The molecule has 1 aliphatic heterocycles. The number of hydrogen-bond acceptors (Lipinski definition) is 3. The van der Waals surface area contributed by atoms with Gasteiger partial charge in [-0.3, -0.25) is 0 Å². The highest BCUT2D eigenvalue weighted by atomic mass is 32.2. The van der Waals surface area contributed by atoms with E-state index in [-0.39, 0.29) is 0 Å². The van der Waals surface area contributed by atoms with Crippen molar-refractivity contribution in [2.24, 2.45) is 0 Å². The van der Waals surface area contributed by atoms with E-state index in [1.165, 1.54) is 36.9 Å². The lowest BCUT2D eigenvalue weighted by atomic mass is 10.1. The molecule has 5 heteroatoms. The summed E-state index contributed by atoms with van der Waals surface area (Å²) in [6.07, 6.45) is 6.90. The van der Waals surface area contributed by atoms with Gasteiger partial charge < -0.3 is 4.90 Å². The minimum atomic E-state index is -3.42. The van der Waals surface area contributed by atoms with E-state index in [9.17, 15) is 8.42 Å². The summed E-state index contributed by atoms with van der Waals surface area (Å²) in [5.41, 5.74) is 3.51. The highest BCUT2D eigenvalue weighted by Crippen LogP contribution is 2.20. The van der Waals surface area contributed by atoms with Crippen molar-refractivity contribution in [3.8, 4) is 0 Å². The van der Waals surface area contributed by atoms with Crippen LogP contribution in [-0.4, -0.2) is 28.1 Å². The zero-order valence-corrected chi connectivity index (χ0v) is 17.0. The van der Waals surface area contributed by atoms with Crippen molar-refractivity contribution in [3.05, 3.63) is 59.7 Å². The molecule has 0 radical (unpaired) electrons. The molecule has 4 nitrogen and oxygen atoms in total. The smallest absolute Gasteiger partial charge is 0.240 e. The van der Waals surface area contributed by atoms with Crippen LogP contribution < -0.4 is 9.62 Å². The minimum Gasteiger partial charge on any atom is -0.372 e. The molecule has 3 rings (SSSR count). The molecule has 1 saturated heterocycles. The lowest BCUT2D eigenvalue weighted by Gasteiger charge is -2.22. The average molecular weight is 387 g/mol. The second-order valence-electron chi connectivity index (χ2n) is 7.39. The van der Waals surface area contributed by atoms with Gasteiger partial charge in [0.1, 0.15) is 0 Å². The van der Waals surface area contributed by atoms with Crippen LogP contribution in [0.1, 0.15) is 43.2 Å². The Kier molecular flexibility index (Phi) is 6.91. The van der Waals surface area contributed by atoms with Gasteiger partial charge in [-0.05, 0) is 68.0 Å². The molecule has 0 amide bonds. The van der Waals surface area contributed by atoms with Crippen molar-refractivity contribution in [3.63, 3.8) is 0 Å². The van der Waals surface area contributed by atoms with Crippen molar-refractivity contribution < 1.29 is 8.42 Å². The third kappa shape index (κ3) is 5.81. The van der Waals surface area contributed by atoms with E-state index < -0.39 is 10.0 Å². The summed E-state index contributed by atoms with van der Waals surface area (Å²) in [6.45, 7) is 4.65. The number of rotatable bonds is 7. The van der Waals surface area contributed by atoms with Gasteiger partial charge in [0, 0.05) is 25.3 Å². The van der Waals surface area contributed by atoms with Crippen LogP contribution >= 0.6 is 0 Å². The maximum absolute atomic E-state index is 12.3. The van der Waals surface area contributed by atoms with Crippen molar-refractivity contribution in [1.29, 1.82) is 0 Å². The molecule has 0 aliphatic carbocycles. The standard InChI is InChI=1S/C22H30N2O2S/c1-19-8-6-10-22(18-19)27(25,26)23-15-7-9-20-11-13-21(14-12-20)24-16-4-2-3-5-17-24/h6,8,10-14,18,23H,2-5,7,9,15-17H2,1H3. The zero-order valence-electron chi connectivity index (χ0n) is 16.2. The lowest BCUT2D eigenvalue weighted by Crippen LogP contribution is -2.25. The van der Waals surface area contributed by atoms with E-state index >= 15 is 0 Å². The summed E-state index contributed by atoms with van der Waals surface area (Å²) in [5, 5.41) is 0. The van der Waals surface area contributed by atoms with Crippen LogP contribution in [0, 0.1) is 6.92 Å². The Hall–Kier alpha value is -1.85. The van der Waals surface area contributed by atoms with Gasteiger partial charge in [-0.15, -0.1) is 0 Å². The van der Waals surface area contributed by atoms with Gasteiger partial charge >= 0.3 is 0 Å². The summed E-state index contributed by atoms with van der Waals surface area (Å²) in [4.78, 5) is 2.82. The van der Waals surface area contributed by atoms with E-state index in [0.717, 1.165) is 31.5 Å². The number of nitrogens with zero attached hydrogens (tertiary/aromatic N) is 1. The van der Waals surface area contributed by atoms with Crippen LogP contribution in [0.4, 0.5) is 5.69 Å². The minimum absolute atomic E-state index is 0.337. The molecule has 0 bridgehead atoms. The van der Waals surface area contributed by atoms with Crippen LogP contribution in [0.25, 0.3) is 0 Å². The third-order valence-corrected chi connectivity index (χ3v) is 6.60. The monoisotopic (exact) mass is 386 g/mol. The lowest BCUT2D eigenvalue weighted by molar-refractivity contribution is 0.579. The molecule has 0 unspecified atom stereocenters. The van der Waals surface area contributed by atoms with Crippen LogP contribution in [0.5, 0.6) is 0 Å². The molecule has 146 valence electrons. The van der Waals surface area contributed by atoms with Gasteiger partial charge in [0.2, 0.25) is 10.0 Å². The number of benzene rings is 2. The van der Waals surface area contributed by atoms with Crippen molar-refractivity contribution in [2.45, 2.75) is 50.3 Å². The van der Waals surface area contributed by atoms with Crippen LogP contribution in [0.15, 0.2) is 53.4 Å². The molecule has 1 N–H and O–H groups in total. The molecule has 1 fully saturated rings. The molecule has 1 aliphatic rings. The number of aryl methyl sites for hydroxylation is 2. The van der Waals surface area contributed by atoms with Crippen LogP contribution in [-0.2, 0) is 16.4 Å². The third-order valence-electron chi connectivity index (χ3n) is 5.14. The Morgan fingerprint density at radius 3 is 2.33 bits per heavy atom. The molecular weight excluding hydrogens is 356 g/mol. The van der Waals surface area contributed by atoms with Gasteiger partial charge in [0.25, 0.3) is 0 Å². The van der Waals surface area contributed by atoms with Gasteiger partial charge in [0.05, 0.1) is 4.90 Å². The summed E-state index contributed by atoms with van der Waals surface area (Å²) < 4.78 is 27.4. The van der Waals surface area contributed by atoms with Gasteiger partial charge in [-0.1, -0.05) is 37.1 Å². The molecule has 0 saturated carbocycles. The first kappa shape index (κ1) is 19.9. The van der Waals surface area contributed by atoms with Crippen molar-refractivity contribution in [1.82, 2.24) is 4.72 Å². The SMILES string of the molecule is Cc1cccc(S(=O)(=O)NCCCc2ccc(N3CCCCCC3)cc2)c1. The Balaban J connectivity index is 1.47. The quantitative estimate of drug-likeness (QED) is 0.722. The summed E-state index contributed by atoms with van der Waals surface area (Å²) in [7, 11) is -3.42. The number of hydrogen-bond donors (Lipinski definition) is 1. The zero-order chi connectivity index (χ0) is 19.1. The predicted octanol–water partition coefficient (Wildman–Crippen LogP) is 4.29. The molecular formula is C22H30N2O2S. The van der Waals surface area contributed by atoms with E-state index in [4.69, 9.17) is 0 Å². The molecule has 2 aromatic carbocycles. The van der Waals surface area contributed by atoms with E-state index in [0.29, 0.717) is 11.4 Å². The first-order chi connectivity index (χ1) is 13.0. The molecule has 2 aromatic rings. The molecule has 27 heavy (non-hydrogen) atoms. The maximum atomic E-state index is 12.3. The largest absolute Gasteiger partial charge is 0.372 e. The second-order valence-corrected chi connectivity index (χ2v) is 9.15. The topological polar surface area (TPSA) is 49.4 Å². The molecule has 1 heterocycles. The van der Waals surface area contributed by atoms with E-state index in [1.54, 1.807) is 18.2 Å². The summed E-state index contributed by atoms with van der Waals surface area (Å²) in [5.74, 6) is 0. The Bertz CT molecular complexity index is 824. The van der Waals surface area contributed by atoms with Gasteiger partial charge in [-0.25, -0.2) is 13.1 Å². The highest BCUT2D eigenvalue weighted by Gasteiger charge is 2.13. The van der Waals surface area contributed by atoms with E-state index in [2.05, 4.69) is 33.9 Å². The summed E-state index contributed by atoms with van der Waals surface area (Å²) in [6, 6.07) is 15.8. The number of anilines is 1. The van der Waals surface area contributed by atoms with Crippen LogP contribution in [0.2, 0.25) is 0 Å². The molecule has 0 spiro atoms. The molecule has 0 atom stereocenters. The fourth-order valence-corrected chi connectivity index (χ4v) is 4.75. The van der Waals surface area contributed by atoms with Crippen molar-refractivity contribution in [2.75, 3.05) is 24.5 Å². The van der Waals surface area contributed by atoms with Gasteiger partial charge in [0.15, 0.2) is 0 Å². The first-order valence-electron chi connectivity index (χ1n) is 9.95. The van der Waals surface area contributed by atoms with Crippen LogP contribution in [0.3, 0.4) is 0 Å². The Labute approximate surface area is 163 Å². The van der Waals surface area contributed by atoms with Crippen molar-refractivity contribution >= 4 is 15.7 Å².